The first-order chi connectivity index (χ1) is 10.2. The smallest absolute Gasteiger partial charge is 0.164 e. The van der Waals surface area contributed by atoms with E-state index in [0.29, 0.717) is 6.42 Å². The fourth-order valence-electron chi connectivity index (χ4n) is 2.06. The largest absolute Gasteiger partial charge is 0.387 e. The molecule has 0 amide bonds. The summed E-state index contributed by atoms with van der Waals surface area (Å²) in [5, 5.41) is 47.9. The van der Waals surface area contributed by atoms with Crippen LogP contribution in [0.1, 0.15) is 52.4 Å². The van der Waals surface area contributed by atoms with Gasteiger partial charge in [-0.25, -0.2) is 0 Å². The molecule has 0 spiro atoms. The van der Waals surface area contributed by atoms with E-state index < -0.39 is 42.1 Å². The lowest BCUT2D eigenvalue weighted by Crippen LogP contribution is -2.52. The number of unbranched alkanes of at least 4 members (excludes halogenated alkanes) is 4. The van der Waals surface area contributed by atoms with Crippen molar-refractivity contribution >= 4 is 11.6 Å². The van der Waals surface area contributed by atoms with Gasteiger partial charge < -0.3 is 25.5 Å². The van der Waals surface area contributed by atoms with Crippen molar-refractivity contribution in [3.05, 3.63) is 0 Å². The molecule has 7 heteroatoms. The number of hydrogen-bond donors (Lipinski definition) is 5. The average Bonchev–Trinajstić information content (AvgIpc) is 2.50. The SMILES string of the molecule is CCCCCCCC(=O)C(O)[C@@H](O)[C@@H](O)[C@H](O)[C@@H](O)C(C)=O. The maximum Gasteiger partial charge on any atom is 0.164 e. The van der Waals surface area contributed by atoms with E-state index in [0.717, 1.165) is 32.6 Å². The van der Waals surface area contributed by atoms with E-state index in [1.54, 1.807) is 0 Å². The van der Waals surface area contributed by atoms with Crippen LogP contribution in [0.15, 0.2) is 0 Å². The molecule has 22 heavy (non-hydrogen) atoms. The molecule has 0 rings (SSSR count). The summed E-state index contributed by atoms with van der Waals surface area (Å²) < 4.78 is 0. The summed E-state index contributed by atoms with van der Waals surface area (Å²) in [4.78, 5) is 22.6. The summed E-state index contributed by atoms with van der Waals surface area (Å²) in [6.07, 6.45) is -5.13. The van der Waals surface area contributed by atoms with E-state index in [-0.39, 0.29) is 6.42 Å². The molecule has 1 unspecified atom stereocenters. The van der Waals surface area contributed by atoms with Crippen LogP contribution in [0.4, 0.5) is 0 Å². The normalized spacial score (nSPS) is 18.3. The molecule has 0 aliphatic heterocycles. The molecule has 0 aromatic carbocycles. The quantitative estimate of drug-likeness (QED) is 0.300. The second-order valence-electron chi connectivity index (χ2n) is 5.60. The molecule has 0 radical (unpaired) electrons. The Morgan fingerprint density at radius 1 is 0.773 bits per heavy atom. The van der Waals surface area contributed by atoms with Crippen molar-refractivity contribution < 1.29 is 35.1 Å². The molecule has 0 aliphatic carbocycles. The zero-order valence-corrected chi connectivity index (χ0v) is 13.2. The topological polar surface area (TPSA) is 135 Å². The third kappa shape index (κ3) is 6.93. The molecule has 5 N–H and O–H groups in total. The Morgan fingerprint density at radius 3 is 1.77 bits per heavy atom. The van der Waals surface area contributed by atoms with Gasteiger partial charge in [-0.1, -0.05) is 32.6 Å². The minimum absolute atomic E-state index is 0.0556. The average molecular weight is 320 g/mol. The lowest BCUT2D eigenvalue weighted by Gasteiger charge is -2.27. The number of rotatable bonds is 12. The summed E-state index contributed by atoms with van der Waals surface area (Å²) in [6.45, 7) is 3.07. The number of carbonyl (C=O) groups excluding carboxylic acids is 2. The molecular weight excluding hydrogens is 292 g/mol. The van der Waals surface area contributed by atoms with Crippen LogP contribution >= 0.6 is 0 Å². The van der Waals surface area contributed by atoms with Crippen LogP contribution in [-0.2, 0) is 9.59 Å². The molecule has 7 nitrogen and oxygen atoms in total. The Morgan fingerprint density at radius 2 is 1.27 bits per heavy atom. The lowest BCUT2D eigenvalue weighted by atomic mass is 9.94. The first kappa shape index (κ1) is 21.1. The van der Waals surface area contributed by atoms with Crippen molar-refractivity contribution in [1.82, 2.24) is 0 Å². The zero-order chi connectivity index (χ0) is 17.3. The maximum absolute atomic E-state index is 11.7. The predicted molar refractivity (Wildman–Crippen MR) is 79.1 cm³/mol. The van der Waals surface area contributed by atoms with Gasteiger partial charge in [-0.05, 0) is 13.3 Å². The van der Waals surface area contributed by atoms with Gasteiger partial charge in [0.2, 0.25) is 0 Å². The molecule has 0 aliphatic rings. The van der Waals surface area contributed by atoms with Gasteiger partial charge in [-0.3, -0.25) is 9.59 Å². The highest BCUT2D eigenvalue weighted by atomic mass is 16.4. The first-order valence-electron chi connectivity index (χ1n) is 7.67. The highest BCUT2D eigenvalue weighted by molar-refractivity contribution is 5.83. The number of Topliss-reactive ketones (excluding diaryl/α,β-unsaturated/α-hetero) is 2. The van der Waals surface area contributed by atoms with E-state index >= 15 is 0 Å². The highest BCUT2D eigenvalue weighted by Gasteiger charge is 2.38. The summed E-state index contributed by atoms with van der Waals surface area (Å²) >= 11 is 0. The van der Waals surface area contributed by atoms with E-state index in [1.165, 1.54) is 0 Å². The van der Waals surface area contributed by atoms with E-state index in [9.17, 15) is 35.1 Å². The molecule has 0 bridgehead atoms. The molecule has 0 saturated carbocycles. The van der Waals surface area contributed by atoms with Gasteiger partial charge in [0.05, 0.1) is 0 Å². The molecule has 0 saturated heterocycles. The molecular formula is C15H28O7. The van der Waals surface area contributed by atoms with Crippen LogP contribution in [0.25, 0.3) is 0 Å². The van der Waals surface area contributed by atoms with Crippen LogP contribution in [0.5, 0.6) is 0 Å². The Bertz CT molecular complexity index is 345. The van der Waals surface area contributed by atoms with Crippen molar-refractivity contribution in [2.24, 2.45) is 0 Å². The van der Waals surface area contributed by atoms with E-state index in [2.05, 4.69) is 6.92 Å². The van der Waals surface area contributed by atoms with Crippen LogP contribution in [0.3, 0.4) is 0 Å². The maximum atomic E-state index is 11.7. The lowest BCUT2D eigenvalue weighted by molar-refractivity contribution is -0.158. The van der Waals surface area contributed by atoms with Gasteiger partial charge in [-0.2, -0.15) is 0 Å². The minimum atomic E-state index is -2.00. The number of ketones is 2. The van der Waals surface area contributed by atoms with Crippen LogP contribution < -0.4 is 0 Å². The second kappa shape index (κ2) is 10.8. The molecule has 0 heterocycles. The number of carbonyl (C=O) groups is 2. The highest BCUT2D eigenvalue weighted by Crippen LogP contribution is 2.13. The molecule has 0 fully saturated rings. The molecule has 5 atom stereocenters. The summed E-state index contributed by atoms with van der Waals surface area (Å²) in [5.41, 5.74) is 0. The van der Waals surface area contributed by atoms with Crippen molar-refractivity contribution in [3.63, 3.8) is 0 Å². The second-order valence-corrected chi connectivity index (χ2v) is 5.60. The van der Waals surface area contributed by atoms with Gasteiger partial charge in [0.1, 0.15) is 30.5 Å². The van der Waals surface area contributed by atoms with Gasteiger partial charge >= 0.3 is 0 Å². The van der Waals surface area contributed by atoms with Crippen LogP contribution in [0.2, 0.25) is 0 Å². The van der Waals surface area contributed by atoms with Crippen molar-refractivity contribution in [1.29, 1.82) is 0 Å². The predicted octanol–water partition coefficient (Wildman–Crippen LogP) is -0.691. The van der Waals surface area contributed by atoms with Crippen molar-refractivity contribution in [3.8, 4) is 0 Å². The number of aliphatic hydroxyl groups excluding tert-OH is 5. The third-order valence-corrected chi connectivity index (χ3v) is 3.62. The van der Waals surface area contributed by atoms with Gasteiger partial charge in [-0.15, -0.1) is 0 Å². The van der Waals surface area contributed by atoms with Gasteiger partial charge in [0.25, 0.3) is 0 Å². The Labute approximate surface area is 130 Å². The Balaban J connectivity index is 4.35. The first-order valence-corrected chi connectivity index (χ1v) is 7.67. The Hall–Kier alpha value is -0.860. The third-order valence-electron chi connectivity index (χ3n) is 3.62. The monoisotopic (exact) mass is 320 g/mol. The fraction of sp³-hybridized carbons (Fsp3) is 0.867. The van der Waals surface area contributed by atoms with E-state index in [4.69, 9.17) is 0 Å². The van der Waals surface area contributed by atoms with Crippen LogP contribution in [0, 0.1) is 0 Å². The number of hydrogen-bond acceptors (Lipinski definition) is 7. The summed E-state index contributed by atoms with van der Waals surface area (Å²) in [5.74, 6) is -1.44. The summed E-state index contributed by atoms with van der Waals surface area (Å²) in [6, 6.07) is 0. The van der Waals surface area contributed by atoms with Gasteiger partial charge in [0.15, 0.2) is 11.6 Å². The molecule has 0 aromatic heterocycles. The summed E-state index contributed by atoms with van der Waals surface area (Å²) in [7, 11) is 0. The van der Waals surface area contributed by atoms with E-state index in [1.807, 2.05) is 0 Å². The van der Waals surface area contributed by atoms with Crippen molar-refractivity contribution in [2.75, 3.05) is 0 Å². The minimum Gasteiger partial charge on any atom is -0.387 e. The Kier molecular flexibility index (Phi) is 10.4. The van der Waals surface area contributed by atoms with Crippen molar-refractivity contribution in [2.45, 2.75) is 82.9 Å². The zero-order valence-electron chi connectivity index (χ0n) is 13.2. The number of aliphatic hydroxyl groups is 5. The van der Waals surface area contributed by atoms with Crippen LogP contribution in [-0.4, -0.2) is 67.6 Å². The van der Waals surface area contributed by atoms with Gasteiger partial charge in [0, 0.05) is 6.42 Å². The molecule has 130 valence electrons. The standard InChI is InChI=1S/C15H28O7/c1-3-4-5-6-7-8-10(17)12(19)14(21)15(22)13(20)11(18)9(2)16/h11-15,18-22H,3-8H2,1-2H3/t11-,12?,13+,14+,15-/m0/s1. The fourth-order valence-corrected chi connectivity index (χ4v) is 2.06. The molecule has 0 aromatic rings.